The number of Topliss-reactive ketones (excluding diaryl/α,β-unsaturated/α-hetero) is 1. The summed E-state index contributed by atoms with van der Waals surface area (Å²) in [5.41, 5.74) is 0.458. The molecule has 2 aromatic carbocycles. The number of halogens is 1. The minimum absolute atomic E-state index is 0.107. The van der Waals surface area contributed by atoms with E-state index < -0.39 is 16.9 Å². The van der Waals surface area contributed by atoms with Gasteiger partial charge in [0.15, 0.2) is 0 Å². The summed E-state index contributed by atoms with van der Waals surface area (Å²) in [6.45, 7) is 3.09. The lowest BCUT2D eigenvalue weighted by Gasteiger charge is -2.25. The number of carbonyl (C=O) groups is 1. The average Bonchev–Trinajstić information content (AvgIpc) is 3.41. The number of methoxy groups -OCH3 is 1. The van der Waals surface area contributed by atoms with E-state index in [4.69, 9.17) is 4.74 Å². The zero-order chi connectivity index (χ0) is 22.0. The smallest absolute Gasteiger partial charge is 0.348 e. The molecule has 2 N–H and O–H groups in total. The lowest BCUT2D eigenvalue weighted by atomic mass is 9.78. The van der Waals surface area contributed by atoms with Gasteiger partial charge < -0.3 is 10.1 Å². The van der Waals surface area contributed by atoms with Crippen LogP contribution in [0, 0.1) is 11.2 Å². The molecule has 7 nitrogen and oxygen atoms in total. The Labute approximate surface area is 179 Å². The van der Waals surface area contributed by atoms with Crippen molar-refractivity contribution in [2.24, 2.45) is 5.41 Å². The fraction of sp³-hybridized carbons (Fsp3) is 0.348. The highest BCUT2D eigenvalue weighted by atomic mass is 19.1. The lowest BCUT2D eigenvalue weighted by molar-refractivity contribution is -0.127. The summed E-state index contributed by atoms with van der Waals surface area (Å²) in [7, 11) is 1.59. The van der Waals surface area contributed by atoms with Crippen molar-refractivity contribution in [3.05, 3.63) is 64.6 Å². The largest absolute Gasteiger partial charge is 0.497 e. The topological polar surface area (TPSA) is 89.0 Å². The van der Waals surface area contributed by atoms with Gasteiger partial charge in [-0.1, -0.05) is 25.1 Å². The van der Waals surface area contributed by atoms with Gasteiger partial charge in [0, 0.05) is 24.8 Å². The Balaban J connectivity index is 1.70. The molecule has 0 spiro atoms. The fourth-order valence-corrected chi connectivity index (χ4v) is 4.26. The maximum absolute atomic E-state index is 15.1. The van der Waals surface area contributed by atoms with Crippen LogP contribution in [0.5, 0.6) is 5.75 Å². The first kappa shape index (κ1) is 21.0. The number of carbonyl (C=O) groups excluding carboxylic acids is 1. The van der Waals surface area contributed by atoms with Crippen LogP contribution < -0.4 is 15.7 Å². The zero-order valence-electron chi connectivity index (χ0n) is 17.6. The van der Waals surface area contributed by atoms with Crippen LogP contribution >= 0.6 is 0 Å². The molecule has 0 bridgehead atoms. The first-order chi connectivity index (χ1) is 15.0. The zero-order valence-corrected chi connectivity index (χ0v) is 17.6. The van der Waals surface area contributed by atoms with E-state index in [1.807, 2.05) is 19.1 Å². The van der Waals surface area contributed by atoms with Crippen molar-refractivity contribution < 1.29 is 13.9 Å². The maximum Gasteiger partial charge on any atom is 0.348 e. The number of nitrogens with one attached hydrogen (secondary N) is 2. The number of H-pyrrole nitrogens is 1. The summed E-state index contributed by atoms with van der Waals surface area (Å²) in [6.07, 6.45) is 1.34. The number of nitrogens with zero attached hydrogens (tertiary/aromatic N) is 2. The van der Waals surface area contributed by atoms with Crippen molar-refractivity contribution in [1.82, 2.24) is 20.1 Å². The van der Waals surface area contributed by atoms with Gasteiger partial charge in [-0.05, 0) is 48.4 Å². The Morgan fingerprint density at radius 2 is 1.97 bits per heavy atom. The predicted octanol–water partition coefficient (Wildman–Crippen LogP) is 2.88. The van der Waals surface area contributed by atoms with E-state index in [2.05, 4.69) is 15.5 Å². The second-order valence-electron chi connectivity index (χ2n) is 7.84. The number of aromatic amines is 1. The van der Waals surface area contributed by atoms with Crippen LogP contribution in [0.4, 0.5) is 4.39 Å². The first-order valence-electron chi connectivity index (χ1n) is 10.3. The van der Waals surface area contributed by atoms with E-state index in [-0.39, 0.29) is 17.9 Å². The summed E-state index contributed by atoms with van der Waals surface area (Å²) in [5, 5.41) is 9.77. The Morgan fingerprint density at radius 1 is 1.23 bits per heavy atom. The summed E-state index contributed by atoms with van der Waals surface area (Å²) >= 11 is 0. The Kier molecular flexibility index (Phi) is 5.73. The SMILES string of the molecule is CCC(=O)[C@]1(Cc2n[nH]c(=O)n2-c2ccc(-c3ccc(OC)cc3)cc2F)CCNC1. The van der Waals surface area contributed by atoms with Crippen molar-refractivity contribution >= 4 is 5.78 Å². The van der Waals surface area contributed by atoms with Crippen LogP contribution in [0.2, 0.25) is 0 Å². The van der Waals surface area contributed by atoms with Crippen LogP contribution in [0.15, 0.2) is 47.3 Å². The molecule has 4 rings (SSSR count). The molecule has 0 unspecified atom stereocenters. The molecule has 8 heteroatoms. The molecule has 1 atom stereocenters. The molecule has 2 heterocycles. The number of benzene rings is 2. The molecule has 1 fully saturated rings. The van der Waals surface area contributed by atoms with E-state index in [1.165, 1.54) is 10.6 Å². The van der Waals surface area contributed by atoms with Gasteiger partial charge in [-0.2, -0.15) is 5.10 Å². The van der Waals surface area contributed by atoms with Crippen molar-refractivity contribution in [2.75, 3.05) is 20.2 Å². The van der Waals surface area contributed by atoms with Gasteiger partial charge in [-0.3, -0.25) is 4.79 Å². The highest BCUT2D eigenvalue weighted by molar-refractivity contribution is 5.85. The third-order valence-electron chi connectivity index (χ3n) is 6.01. The number of ether oxygens (including phenoxy) is 1. The molecular weight excluding hydrogens is 399 g/mol. The van der Waals surface area contributed by atoms with E-state index in [0.29, 0.717) is 36.5 Å². The van der Waals surface area contributed by atoms with Gasteiger partial charge in [0.25, 0.3) is 0 Å². The van der Waals surface area contributed by atoms with Crippen molar-refractivity contribution in [3.63, 3.8) is 0 Å². The second-order valence-corrected chi connectivity index (χ2v) is 7.84. The molecule has 1 aromatic heterocycles. The number of hydrogen-bond acceptors (Lipinski definition) is 5. The maximum atomic E-state index is 15.1. The molecule has 1 aliphatic heterocycles. The van der Waals surface area contributed by atoms with E-state index in [1.54, 1.807) is 31.4 Å². The average molecular weight is 424 g/mol. The van der Waals surface area contributed by atoms with Crippen molar-refractivity contribution in [1.29, 1.82) is 0 Å². The molecule has 162 valence electrons. The van der Waals surface area contributed by atoms with Crippen molar-refractivity contribution in [3.8, 4) is 22.6 Å². The normalized spacial score (nSPS) is 18.3. The summed E-state index contributed by atoms with van der Waals surface area (Å²) in [4.78, 5) is 25.2. The van der Waals surface area contributed by atoms with Gasteiger partial charge in [-0.25, -0.2) is 18.9 Å². The van der Waals surface area contributed by atoms with Gasteiger partial charge in [0.05, 0.1) is 12.8 Å². The van der Waals surface area contributed by atoms with E-state index >= 15 is 4.39 Å². The summed E-state index contributed by atoms with van der Waals surface area (Å²) < 4.78 is 21.5. The van der Waals surface area contributed by atoms with Crippen LogP contribution in [0.1, 0.15) is 25.6 Å². The van der Waals surface area contributed by atoms with Gasteiger partial charge >= 0.3 is 5.69 Å². The highest BCUT2D eigenvalue weighted by Gasteiger charge is 2.41. The quantitative estimate of drug-likeness (QED) is 0.609. The minimum Gasteiger partial charge on any atom is -0.497 e. The summed E-state index contributed by atoms with van der Waals surface area (Å²) in [5.74, 6) is 0.646. The number of rotatable bonds is 7. The van der Waals surface area contributed by atoms with E-state index in [9.17, 15) is 9.59 Å². The molecule has 0 amide bonds. The standard InChI is InChI=1S/C23H25FN4O3/c1-3-20(29)23(10-11-25-14-23)13-21-26-27-22(30)28(21)19-9-6-16(12-18(19)24)15-4-7-17(31-2)8-5-15/h4-9,12,25H,3,10-11,13-14H2,1-2H3,(H,27,30)/t23-/m0/s1. The molecule has 0 radical (unpaired) electrons. The summed E-state index contributed by atoms with van der Waals surface area (Å²) in [6, 6.07) is 12.0. The Bertz CT molecular complexity index is 1140. The number of ketones is 1. The van der Waals surface area contributed by atoms with Crippen LogP contribution in [-0.4, -0.2) is 40.7 Å². The van der Waals surface area contributed by atoms with Gasteiger partial charge in [-0.15, -0.1) is 0 Å². The van der Waals surface area contributed by atoms with Crippen molar-refractivity contribution in [2.45, 2.75) is 26.2 Å². The Hall–Kier alpha value is -3.26. The second kappa shape index (κ2) is 8.47. The van der Waals surface area contributed by atoms with E-state index in [0.717, 1.165) is 12.1 Å². The van der Waals surface area contributed by atoms with Gasteiger partial charge in [0.2, 0.25) is 0 Å². The third-order valence-corrected chi connectivity index (χ3v) is 6.01. The molecule has 31 heavy (non-hydrogen) atoms. The number of aromatic nitrogens is 3. The van der Waals surface area contributed by atoms with Crippen LogP contribution in [0.25, 0.3) is 16.8 Å². The monoisotopic (exact) mass is 424 g/mol. The predicted molar refractivity (Wildman–Crippen MR) is 115 cm³/mol. The highest BCUT2D eigenvalue weighted by Crippen LogP contribution is 2.33. The van der Waals surface area contributed by atoms with Gasteiger partial charge in [0.1, 0.15) is 23.2 Å². The first-order valence-corrected chi connectivity index (χ1v) is 10.3. The molecule has 0 saturated carbocycles. The molecule has 1 aliphatic rings. The molecular formula is C23H25FN4O3. The van der Waals surface area contributed by atoms with Crippen LogP contribution in [0.3, 0.4) is 0 Å². The third kappa shape index (κ3) is 3.90. The molecule has 0 aliphatic carbocycles. The lowest BCUT2D eigenvalue weighted by Crippen LogP contribution is -2.36. The molecule has 1 saturated heterocycles. The Morgan fingerprint density at radius 3 is 2.58 bits per heavy atom. The fourth-order valence-electron chi connectivity index (χ4n) is 4.26. The van der Waals surface area contributed by atoms with Crippen LogP contribution in [-0.2, 0) is 11.2 Å². The number of hydrogen-bond donors (Lipinski definition) is 2. The molecule has 3 aromatic rings. The minimum atomic E-state index is -0.627.